The van der Waals surface area contributed by atoms with E-state index in [1.165, 1.54) is 66.9 Å². The zero-order chi connectivity index (χ0) is 23.3. The van der Waals surface area contributed by atoms with Crippen LogP contribution in [0.4, 0.5) is 17.1 Å². The van der Waals surface area contributed by atoms with Crippen LogP contribution in [0.15, 0.2) is 76.7 Å². The Morgan fingerprint density at radius 2 is 1.72 bits per heavy atom. The molecule has 0 spiro atoms. The predicted molar refractivity (Wildman–Crippen MR) is 120 cm³/mol. The minimum absolute atomic E-state index is 0.0288. The first-order valence-electron chi connectivity index (χ1n) is 8.85. The van der Waals surface area contributed by atoms with E-state index < -0.39 is 26.6 Å². The van der Waals surface area contributed by atoms with Crippen LogP contribution in [-0.2, 0) is 10.0 Å². The quantitative estimate of drug-likeness (QED) is 0.251. The van der Waals surface area contributed by atoms with Gasteiger partial charge in [-0.15, -0.1) is 0 Å². The van der Waals surface area contributed by atoms with Crippen LogP contribution in [0.3, 0.4) is 0 Å². The molecule has 3 N–H and O–H groups in total. The van der Waals surface area contributed by atoms with Crippen molar-refractivity contribution in [2.24, 2.45) is 5.10 Å². The Morgan fingerprint density at radius 1 is 1.06 bits per heavy atom. The molecule has 0 saturated heterocycles. The van der Waals surface area contributed by atoms with Crippen molar-refractivity contribution in [3.63, 3.8) is 0 Å². The van der Waals surface area contributed by atoms with Crippen molar-refractivity contribution in [3.8, 4) is 0 Å². The molecule has 10 nitrogen and oxygen atoms in total. The maximum Gasteiger partial charge on any atom is 0.335 e. The van der Waals surface area contributed by atoms with E-state index in [1.807, 2.05) is 0 Å². The van der Waals surface area contributed by atoms with Crippen molar-refractivity contribution in [3.05, 3.63) is 93.0 Å². The second-order valence-corrected chi connectivity index (χ2v) is 8.46. The topological polar surface area (TPSA) is 151 Å². The number of benzene rings is 3. The number of carboxylic acid groups (broad SMARTS) is 1. The molecule has 0 aliphatic heterocycles. The van der Waals surface area contributed by atoms with Gasteiger partial charge in [0, 0.05) is 16.8 Å². The summed E-state index contributed by atoms with van der Waals surface area (Å²) in [5.74, 6) is -1.07. The number of hydrogen-bond acceptors (Lipinski definition) is 7. The van der Waals surface area contributed by atoms with E-state index in [0.717, 1.165) is 6.07 Å². The molecule has 0 amide bonds. The molecule has 0 aliphatic rings. The molecule has 0 atom stereocenters. The molecule has 0 aromatic heterocycles. The Morgan fingerprint density at radius 3 is 2.31 bits per heavy atom. The fourth-order valence-corrected chi connectivity index (χ4v) is 3.75. The Kier molecular flexibility index (Phi) is 6.71. The molecule has 0 heterocycles. The number of rotatable bonds is 8. The highest BCUT2D eigenvalue weighted by atomic mass is 35.5. The van der Waals surface area contributed by atoms with Gasteiger partial charge in [-0.3, -0.25) is 20.3 Å². The molecule has 3 aromatic rings. The van der Waals surface area contributed by atoms with Gasteiger partial charge in [0.1, 0.15) is 5.69 Å². The average Bonchev–Trinajstić information content (AvgIpc) is 2.75. The summed E-state index contributed by atoms with van der Waals surface area (Å²) in [6, 6.07) is 15.1. The highest BCUT2D eigenvalue weighted by Gasteiger charge is 2.21. The molecule has 3 aromatic carbocycles. The average molecular weight is 475 g/mol. The first kappa shape index (κ1) is 22.7. The number of halogens is 1. The third-order valence-corrected chi connectivity index (χ3v) is 5.76. The van der Waals surface area contributed by atoms with Crippen molar-refractivity contribution in [2.75, 3.05) is 10.1 Å². The minimum atomic E-state index is -4.09. The number of sulfonamides is 1. The summed E-state index contributed by atoms with van der Waals surface area (Å²) in [7, 11) is -4.09. The number of hydrogen-bond donors (Lipinski definition) is 3. The second kappa shape index (κ2) is 9.45. The van der Waals surface area contributed by atoms with E-state index in [4.69, 9.17) is 16.7 Å². The number of carbonyl (C=O) groups is 1. The Hall–Kier alpha value is -3.96. The number of hydrazone groups is 1. The van der Waals surface area contributed by atoms with E-state index in [9.17, 15) is 23.3 Å². The number of anilines is 2. The highest BCUT2D eigenvalue weighted by molar-refractivity contribution is 7.92. The van der Waals surface area contributed by atoms with Gasteiger partial charge >= 0.3 is 5.97 Å². The fraction of sp³-hybridized carbons (Fsp3) is 0. The van der Waals surface area contributed by atoms with Crippen molar-refractivity contribution < 1.29 is 23.2 Å². The first-order chi connectivity index (χ1) is 15.2. The lowest BCUT2D eigenvalue weighted by Gasteiger charge is -2.09. The largest absolute Gasteiger partial charge is 0.478 e. The molecule has 32 heavy (non-hydrogen) atoms. The lowest BCUT2D eigenvalue weighted by molar-refractivity contribution is -0.384. The molecule has 0 unspecified atom stereocenters. The SMILES string of the molecule is O=C(O)c1ccc(/C=N\Nc2ccc(S(=O)(=O)Nc3ccc(Cl)cc3)cc2[N+](=O)[O-])cc1. The van der Waals surface area contributed by atoms with Crippen molar-refractivity contribution in [1.82, 2.24) is 0 Å². The molecule has 0 radical (unpaired) electrons. The molecule has 0 aliphatic carbocycles. The molecule has 0 fully saturated rings. The fourth-order valence-electron chi connectivity index (χ4n) is 2.54. The van der Waals surface area contributed by atoms with E-state index in [0.29, 0.717) is 10.6 Å². The maximum atomic E-state index is 12.6. The number of nitrogens with one attached hydrogen (secondary N) is 2. The van der Waals surface area contributed by atoms with E-state index >= 15 is 0 Å². The summed E-state index contributed by atoms with van der Waals surface area (Å²) in [5, 5.41) is 24.7. The van der Waals surface area contributed by atoms with Gasteiger partial charge in [0.25, 0.3) is 15.7 Å². The number of nitro groups is 1. The Balaban J connectivity index is 1.80. The summed E-state index contributed by atoms with van der Waals surface area (Å²) >= 11 is 5.78. The van der Waals surface area contributed by atoms with Gasteiger partial charge in [-0.1, -0.05) is 23.7 Å². The lowest BCUT2D eigenvalue weighted by atomic mass is 10.1. The second-order valence-electron chi connectivity index (χ2n) is 6.35. The summed E-state index contributed by atoms with van der Waals surface area (Å²) in [4.78, 5) is 21.3. The number of aromatic carboxylic acids is 1. The molecule has 0 bridgehead atoms. The lowest BCUT2D eigenvalue weighted by Crippen LogP contribution is -2.13. The van der Waals surface area contributed by atoms with Gasteiger partial charge in [0.05, 0.1) is 21.6 Å². The first-order valence-corrected chi connectivity index (χ1v) is 10.7. The molecule has 0 saturated carbocycles. The summed E-state index contributed by atoms with van der Waals surface area (Å²) in [5.41, 5.74) is 2.88. The van der Waals surface area contributed by atoms with E-state index in [1.54, 1.807) is 0 Å². The third kappa shape index (κ3) is 5.59. The summed E-state index contributed by atoms with van der Waals surface area (Å²) in [6.45, 7) is 0. The highest BCUT2D eigenvalue weighted by Crippen LogP contribution is 2.28. The third-order valence-electron chi connectivity index (χ3n) is 4.13. The van der Waals surface area contributed by atoms with Gasteiger partial charge in [0.2, 0.25) is 0 Å². The Bertz CT molecular complexity index is 1290. The van der Waals surface area contributed by atoms with Gasteiger partial charge in [-0.05, 0) is 54.1 Å². The standard InChI is InChI=1S/C20H15ClN4O6S/c21-15-5-7-16(8-6-15)24-32(30,31)17-9-10-18(19(11-17)25(28)29)23-22-12-13-1-3-14(4-2-13)20(26)27/h1-12,23-24H,(H,26,27)/b22-12-. The molecule has 3 rings (SSSR count). The monoisotopic (exact) mass is 474 g/mol. The van der Waals surface area contributed by atoms with Crippen LogP contribution in [0.25, 0.3) is 0 Å². The minimum Gasteiger partial charge on any atom is -0.478 e. The van der Waals surface area contributed by atoms with Crippen LogP contribution < -0.4 is 10.1 Å². The number of nitro benzene ring substituents is 1. The smallest absolute Gasteiger partial charge is 0.335 e. The Labute approximate surface area is 187 Å². The maximum absolute atomic E-state index is 12.6. The molecular weight excluding hydrogens is 460 g/mol. The molecular formula is C20H15ClN4O6S. The summed E-state index contributed by atoms with van der Waals surface area (Å²) in [6.07, 6.45) is 1.34. The summed E-state index contributed by atoms with van der Waals surface area (Å²) < 4.78 is 27.5. The van der Waals surface area contributed by atoms with E-state index in [2.05, 4.69) is 15.2 Å². The normalized spacial score (nSPS) is 11.3. The zero-order valence-electron chi connectivity index (χ0n) is 16.1. The number of nitrogens with zero attached hydrogens (tertiary/aromatic N) is 2. The van der Waals surface area contributed by atoms with Crippen molar-refractivity contribution in [1.29, 1.82) is 0 Å². The van der Waals surface area contributed by atoms with Gasteiger partial charge in [0.15, 0.2) is 0 Å². The van der Waals surface area contributed by atoms with Gasteiger partial charge in [-0.25, -0.2) is 13.2 Å². The van der Waals surface area contributed by atoms with Crippen molar-refractivity contribution >= 4 is 50.9 Å². The molecule has 12 heteroatoms. The van der Waals surface area contributed by atoms with Crippen LogP contribution in [-0.4, -0.2) is 30.6 Å². The van der Waals surface area contributed by atoms with Gasteiger partial charge < -0.3 is 5.11 Å². The van der Waals surface area contributed by atoms with Crippen LogP contribution in [0, 0.1) is 10.1 Å². The van der Waals surface area contributed by atoms with E-state index in [-0.39, 0.29) is 21.8 Å². The van der Waals surface area contributed by atoms with Crippen molar-refractivity contribution in [2.45, 2.75) is 4.90 Å². The van der Waals surface area contributed by atoms with Crippen LogP contribution in [0.5, 0.6) is 0 Å². The van der Waals surface area contributed by atoms with Gasteiger partial charge in [-0.2, -0.15) is 5.10 Å². The predicted octanol–water partition coefficient (Wildman–Crippen LogP) is 4.19. The zero-order valence-corrected chi connectivity index (χ0v) is 17.7. The molecule has 164 valence electrons. The number of carboxylic acids is 1. The van der Waals surface area contributed by atoms with Crippen LogP contribution >= 0.6 is 11.6 Å². The van der Waals surface area contributed by atoms with Crippen LogP contribution in [0.2, 0.25) is 5.02 Å². The van der Waals surface area contributed by atoms with Crippen LogP contribution in [0.1, 0.15) is 15.9 Å².